The predicted octanol–water partition coefficient (Wildman–Crippen LogP) is 1.23. The number of aromatic nitrogens is 1. The number of hydrogen-bond acceptors (Lipinski definition) is 5. The van der Waals surface area contributed by atoms with Crippen LogP contribution in [0, 0.1) is 6.92 Å². The molecule has 2 N–H and O–H groups in total. The van der Waals surface area contributed by atoms with Gasteiger partial charge in [0, 0.05) is 18.0 Å². The summed E-state index contributed by atoms with van der Waals surface area (Å²) in [6.45, 7) is 3.87. The van der Waals surface area contributed by atoms with Crippen molar-refractivity contribution in [2.24, 2.45) is 5.14 Å². The van der Waals surface area contributed by atoms with Gasteiger partial charge < -0.3 is 4.90 Å². The molecule has 0 amide bonds. The topological polar surface area (TPSA) is 76.3 Å². The molecule has 0 bridgehead atoms. The van der Waals surface area contributed by atoms with Crippen molar-refractivity contribution in [3.63, 3.8) is 0 Å². The Morgan fingerprint density at radius 3 is 2.59 bits per heavy atom. The monoisotopic (exact) mass is 275 g/mol. The Morgan fingerprint density at radius 2 is 2.00 bits per heavy atom. The third-order valence-electron chi connectivity index (χ3n) is 2.84. The maximum atomic E-state index is 11.1. The molecule has 5 nitrogen and oxygen atoms in total. The number of primary sulfonamides is 1. The Morgan fingerprint density at radius 1 is 1.35 bits per heavy atom. The standard InChI is InChI=1S/C10H17N3O2S2/c1-8-9(7-17(11,14)15)16-10(12-8)13-5-3-2-4-6-13/h2-7H2,1H3,(H2,11,14,15). The summed E-state index contributed by atoms with van der Waals surface area (Å²) in [5, 5.41) is 5.99. The second-order valence-corrected chi connectivity index (χ2v) is 7.04. The van der Waals surface area contributed by atoms with Gasteiger partial charge in [-0.05, 0) is 26.2 Å². The molecule has 2 heterocycles. The second-order valence-electron chi connectivity index (χ2n) is 4.36. The maximum absolute atomic E-state index is 11.1. The number of anilines is 1. The molecule has 0 radical (unpaired) electrons. The van der Waals surface area contributed by atoms with E-state index in [1.807, 2.05) is 6.92 Å². The Bertz CT molecular complexity index is 490. The molecule has 96 valence electrons. The molecular weight excluding hydrogens is 258 g/mol. The van der Waals surface area contributed by atoms with Crippen LogP contribution in [-0.2, 0) is 15.8 Å². The molecule has 0 saturated carbocycles. The van der Waals surface area contributed by atoms with Crippen molar-refractivity contribution in [1.29, 1.82) is 0 Å². The fraction of sp³-hybridized carbons (Fsp3) is 0.700. The molecule has 1 saturated heterocycles. The van der Waals surface area contributed by atoms with Crippen LogP contribution in [-0.4, -0.2) is 26.5 Å². The lowest BCUT2D eigenvalue weighted by Gasteiger charge is -2.25. The minimum atomic E-state index is -3.47. The Kier molecular flexibility index (Phi) is 3.70. The molecule has 1 aliphatic heterocycles. The summed E-state index contributed by atoms with van der Waals surface area (Å²) in [6, 6.07) is 0. The van der Waals surface area contributed by atoms with Crippen LogP contribution in [0.15, 0.2) is 0 Å². The van der Waals surface area contributed by atoms with E-state index in [9.17, 15) is 8.42 Å². The molecule has 1 aliphatic rings. The maximum Gasteiger partial charge on any atom is 0.214 e. The molecule has 0 atom stereocenters. The quantitative estimate of drug-likeness (QED) is 0.900. The molecule has 2 rings (SSSR count). The van der Waals surface area contributed by atoms with Gasteiger partial charge in [0.25, 0.3) is 0 Å². The van der Waals surface area contributed by atoms with E-state index < -0.39 is 10.0 Å². The first kappa shape index (κ1) is 12.8. The third-order valence-corrected chi connectivity index (χ3v) is 4.93. The van der Waals surface area contributed by atoms with Crippen LogP contribution in [0.1, 0.15) is 29.8 Å². The summed E-state index contributed by atoms with van der Waals surface area (Å²) in [6.07, 6.45) is 3.64. The van der Waals surface area contributed by atoms with Crippen molar-refractivity contribution in [3.05, 3.63) is 10.6 Å². The van der Waals surface area contributed by atoms with Crippen LogP contribution in [0.5, 0.6) is 0 Å². The number of nitrogens with zero attached hydrogens (tertiary/aromatic N) is 2. The number of rotatable bonds is 3. The summed E-state index contributed by atoms with van der Waals surface area (Å²) in [4.78, 5) is 7.43. The van der Waals surface area contributed by atoms with Gasteiger partial charge in [-0.3, -0.25) is 0 Å². The SMILES string of the molecule is Cc1nc(N2CCCCC2)sc1CS(N)(=O)=O. The van der Waals surface area contributed by atoms with E-state index in [4.69, 9.17) is 5.14 Å². The fourth-order valence-corrected chi connectivity index (χ4v) is 4.16. The Balaban J connectivity index is 2.17. The van der Waals surface area contributed by atoms with Crippen molar-refractivity contribution in [2.45, 2.75) is 31.9 Å². The Hall–Kier alpha value is -0.660. The van der Waals surface area contributed by atoms with Crippen LogP contribution in [0.2, 0.25) is 0 Å². The van der Waals surface area contributed by atoms with E-state index >= 15 is 0 Å². The largest absolute Gasteiger partial charge is 0.348 e. The number of sulfonamides is 1. The summed E-state index contributed by atoms with van der Waals surface area (Å²) >= 11 is 1.45. The van der Waals surface area contributed by atoms with Crippen molar-refractivity contribution < 1.29 is 8.42 Å². The van der Waals surface area contributed by atoms with Crippen LogP contribution < -0.4 is 10.0 Å². The van der Waals surface area contributed by atoms with E-state index in [-0.39, 0.29) is 5.75 Å². The molecular formula is C10H17N3O2S2. The van der Waals surface area contributed by atoms with Gasteiger partial charge in [-0.1, -0.05) is 0 Å². The second kappa shape index (κ2) is 4.91. The van der Waals surface area contributed by atoms with Gasteiger partial charge in [-0.15, -0.1) is 11.3 Å². The first-order chi connectivity index (χ1) is 7.96. The minimum Gasteiger partial charge on any atom is -0.348 e. The smallest absolute Gasteiger partial charge is 0.214 e. The van der Waals surface area contributed by atoms with Crippen LogP contribution >= 0.6 is 11.3 Å². The van der Waals surface area contributed by atoms with E-state index in [1.54, 1.807) is 0 Å². The molecule has 1 fully saturated rings. The molecule has 7 heteroatoms. The number of thiazole rings is 1. The van der Waals surface area contributed by atoms with Gasteiger partial charge in [0.05, 0.1) is 5.69 Å². The number of aryl methyl sites for hydroxylation is 1. The highest BCUT2D eigenvalue weighted by atomic mass is 32.2. The van der Waals surface area contributed by atoms with Crippen molar-refractivity contribution in [2.75, 3.05) is 18.0 Å². The number of piperidine rings is 1. The normalized spacial score (nSPS) is 17.4. The highest BCUT2D eigenvalue weighted by Gasteiger charge is 2.18. The Labute approximate surface area is 106 Å². The molecule has 0 aliphatic carbocycles. The number of nitrogens with two attached hydrogens (primary N) is 1. The van der Waals surface area contributed by atoms with Crippen LogP contribution in [0.25, 0.3) is 0 Å². The zero-order valence-corrected chi connectivity index (χ0v) is 11.5. The van der Waals surface area contributed by atoms with Gasteiger partial charge in [-0.2, -0.15) is 0 Å². The van der Waals surface area contributed by atoms with Crippen molar-refractivity contribution in [1.82, 2.24) is 4.98 Å². The van der Waals surface area contributed by atoms with Gasteiger partial charge in [0.2, 0.25) is 10.0 Å². The zero-order valence-electron chi connectivity index (χ0n) is 9.85. The molecule has 0 spiro atoms. The predicted molar refractivity (Wildman–Crippen MR) is 69.7 cm³/mol. The van der Waals surface area contributed by atoms with Crippen molar-refractivity contribution >= 4 is 26.5 Å². The fourth-order valence-electron chi connectivity index (χ4n) is 1.95. The molecule has 17 heavy (non-hydrogen) atoms. The van der Waals surface area contributed by atoms with Gasteiger partial charge in [0.15, 0.2) is 5.13 Å². The lowest BCUT2D eigenvalue weighted by molar-refractivity contribution is 0.576. The lowest BCUT2D eigenvalue weighted by Crippen LogP contribution is -2.29. The highest BCUT2D eigenvalue weighted by molar-refractivity contribution is 7.88. The summed E-state index contributed by atoms with van der Waals surface area (Å²) in [7, 11) is -3.47. The zero-order chi connectivity index (χ0) is 12.5. The molecule has 1 aromatic rings. The first-order valence-corrected chi connectivity index (χ1v) is 8.20. The van der Waals surface area contributed by atoms with Crippen molar-refractivity contribution in [3.8, 4) is 0 Å². The summed E-state index contributed by atoms with van der Waals surface area (Å²) in [5.41, 5.74) is 0.782. The van der Waals surface area contributed by atoms with Crippen LogP contribution in [0.3, 0.4) is 0 Å². The molecule has 0 unspecified atom stereocenters. The summed E-state index contributed by atoms with van der Waals surface area (Å²) in [5.74, 6) is -0.107. The molecule has 1 aromatic heterocycles. The van der Waals surface area contributed by atoms with E-state index in [1.165, 1.54) is 30.6 Å². The van der Waals surface area contributed by atoms with Gasteiger partial charge in [-0.25, -0.2) is 18.5 Å². The van der Waals surface area contributed by atoms with E-state index in [0.29, 0.717) is 0 Å². The lowest BCUT2D eigenvalue weighted by atomic mass is 10.1. The van der Waals surface area contributed by atoms with E-state index in [0.717, 1.165) is 28.8 Å². The number of hydrogen-bond donors (Lipinski definition) is 1. The van der Waals surface area contributed by atoms with Gasteiger partial charge >= 0.3 is 0 Å². The third kappa shape index (κ3) is 3.40. The average Bonchev–Trinajstić information content (AvgIpc) is 2.59. The highest BCUT2D eigenvalue weighted by Crippen LogP contribution is 2.29. The molecule has 0 aromatic carbocycles. The van der Waals surface area contributed by atoms with E-state index in [2.05, 4.69) is 9.88 Å². The summed E-state index contributed by atoms with van der Waals surface area (Å²) < 4.78 is 22.2. The van der Waals surface area contributed by atoms with Gasteiger partial charge in [0.1, 0.15) is 5.75 Å². The first-order valence-electron chi connectivity index (χ1n) is 5.67. The van der Waals surface area contributed by atoms with Crippen LogP contribution in [0.4, 0.5) is 5.13 Å². The minimum absolute atomic E-state index is 0.107. The average molecular weight is 275 g/mol.